The van der Waals surface area contributed by atoms with Crippen molar-refractivity contribution in [2.75, 3.05) is 14.2 Å². The fraction of sp³-hybridized carbons (Fsp3) is 0.750. The third-order valence-electron chi connectivity index (χ3n) is 5.01. The molecule has 0 aromatic heterocycles. The number of carbonyl (C=O) groups excluding carboxylic acids is 2. The van der Waals surface area contributed by atoms with Crippen LogP contribution in [0.15, 0.2) is 23.3 Å². The molecule has 0 rings (SSSR count). The topological polar surface area (TPSA) is 52.6 Å². The van der Waals surface area contributed by atoms with Crippen LogP contribution in [0.3, 0.4) is 0 Å². The molecule has 0 atom stereocenters. The summed E-state index contributed by atoms with van der Waals surface area (Å²) in [5, 5.41) is 0. The normalized spacial score (nSPS) is 12.1. The number of ether oxygens (including phenoxy) is 2. The summed E-state index contributed by atoms with van der Waals surface area (Å²) in [6, 6.07) is 0. The zero-order valence-corrected chi connectivity index (χ0v) is 18.7. The van der Waals surface area contributed by atoms with Crippen LogP contribution in [0.5, 0.6) is 0 Å². The van der Waals surface area contributed by atoms with E-state index in [1.807, 2.05) is 0 Å². The van der Waals surface area contributed by atoms with Gasteiger partial charge in [-0.1, -0.05) is 49.0 Å². The molecule has 0 radical (unpaired) electrons. The summed E-state index contributed by atoms with van der Waals surface area (Å²) in [6.07, 6.45) is 19.2. The van der Waals surface area contributed by atoms with Crippen molar-refractivity contribution in [1.82, 2.24) is 0 Å². The monoisotopic (exact) mass is 394 g/mol. The fourth-order valence-electron chi connectivity index (χ4n) is 3.12. The number of allylic oxidation sites excluding steroid dienone is 4. The second-order valence-electron chi connectivity index (χ2n) is 7.66. The first kappa shape index (κ1) is 26.4. The van der Waals surface area contributed by atoms with E-state index in [4.69, 9.17) is 0 Å². The largest absolute Gasteiger partial charge is 0.469 e. The van der Waals surface area contributed by atoms with Crippen molar-refractivity contribution in [3.63, 3.8) is 0 Å². The molecule has 0 aromatic rings. The van der Waals surface area contributed by atoms with Crippen LogP contribution in [0.25, 0.3) is 0 Å². The van der Waals surface area contributed by atoms with Crippen LogP contribution in [0.4, 0.5) is 0 Å². The van der Waals surface area contributed by atoms with Gasteiger partial charge in [-0.05, 0) is 65.2 Å². The fourth-order valence-corrected chi connectivity index (χ4v) is 3.12. The van der Waals surface area contributed by atoms with Crippen molar-refractivity contribution in [2.24, 2.45) is 0 Å². The quantitative estimate of drug-likeness (QED) is 0.157. The van der Waals surface area contributed by atoms with E-state index in [9.17, 15) is 9.59 Å². The van der Waals surface area contributed by atoms with Gasteiger partial charge in [0.2, 0.25) is 0 Å². The first-order valence-electron chi connectivity index (χ1n) is 10.9. The minimum Gasteiger partial charge on any atom is -0.469 e. The van der Waals surface area contributed by atoms with E-state index < -0.39 is 0 Å². The smallest absolute Gasteiger partial charge is 0.305 e. The third-order valence-corrected chi connectivity index (χ3v) is 5.01. The molecule has 0 spiro atoms. The maximum atomic E-state index is 11.0. The minimum absolute atomic E-state index is 0.0991. The predicted molar refractivity (Wildman–Crippen MR) is 116 cm³/mol. The Hall–Kier alpha value is -1.58. The molecular weight excluding hydrogens is 352 g/mol. The van der Waals surface area contributed by atoms with Crippen LogP contribution in [-0.2, 0) is 19.1 Å². The van der Waals surface area contributed by atoms with Gasteiger partial charge in [0, 0.05) is 12.8 Å². The number of rotatable bonds is 17. The summed E-state index contributed by atoms with van der Waals surface area (Å²) >= 11 is 0. The molecule has 0 unspecified atom stereocenters. The summed E-state index contributed by atoms with van der Waals surface area (Å²) < 4.78 is 9.29. The number of esters is 2. The Balaban J connectivity index is 3.62. The second-order valence-corrected chi connectivity index (χ2v) is 7.66. The number of methoxy groups -OCH3 is 2. The zero-order chi connectivity index (χ0) is 21.0. The van der Waals surface area contributed by atoms with Crippen LogP contribution >= 0.6 is 0 Å². The summed E-state index contributed by atoms with van der Waals surface area (Å²) in [5.41, 5.74) is 2.95. The SMILES string of the molecule is COC(=O)CCCCCCC(C)=CCCC=C(C)CCCCCCC(=O)OC. The summed E-state index contributed by atoms with van der Waals surface area (Å²) in [4.78, 5) is 22.1. The van der Waals surface area contributed by atoms with Gasteiger partial charge >= 0.3 is 11.9 Å². The number of hydrogen-bond donors (Lipinski definition) is 0. The van der Waals surface area contributed by atoms with Crippen LogP contribution in [0.1, 0.15) is 104 Å². The molecule has 0 saturated carbocycles. The maximum absolute atomic E-state index is 11.0. The molecule has 4 heteroatoms. The summed E-state index contributed by atoms with van der Waals surface area (Å²) in [6.45, 7) is 4.44. The molecule has 0 heterocycles. The molecule has 0 aliphatic carbocycles. The standard InChI is InChI=1S/C24H42O4/c1-21(15-9-5-7-11-19-23(25)27-3)17-13-14-18-22(2)16-10-6-8-12-20-24(26)28-4/h17-18H,5-16,19-20H2,1-4H3. The van der Waals surface area contributed by atoms with Gasteiger partial charge in [-0.15, -0.1) is 0 Å². The highest BCUT2D eigenvalue weighted by atomic mass is 16.5. The van der Waals surface area contributed by atoms with Gasteiger partial charge in [-0.3, -0.25) is 9.59 Å². The van der Waals surface area contributed by atoms with Crippen LogP contribution in [0.2, 0.25) is 0 Å². The van der Waals surface area contributed by atoms with Gasteiger partial charge in [-0.2, -0.15) is 0 Å². The number of hydrogen-bond acceptors (Lipinski definition) is 4. The van der Waals surface area contributed by atoms with Gasteiger partial charge in [0.25, 0.3) is 0 Å². The molecule has 0 aliphatic heterocycles. The van der Waals surface area contributed by atoms with Gasteiger partial charge in [-0.25, -0.2) is 0 Å². The van der Waals surface area contributed by atoms with E-state index in [-0.39, 0.29) is 11.9 Å². The van der Waals surface area contributed by atoms with Crippen molar-refractivity contribution < 1.29 is 19.1 Å². The first-order chi connectivity index (χ1) is 13.5. The van der Waals surface area contributed by atoms with Gasteiger partial charge in [0.15, 0.2) is 0 Å². The van der Waals surface area contributed by atoms with E-state index in [0.717, 1.165) is 51.4 Å². The third kappa shape index (κ3) is 17.8. The lowest BCUT2D eigenvalue weighted by Crippen LogP contribution is -1.99. The van der Waals surface area contributed by atoms with Crippen molar-refractivity contribution in [1.29, 1.82) is 0 Å². The summed E-state index contributed by atoms with van der Waals surface area (Å²) in [5.74, 6) is -0.198. The molecule has 0 aromatic carbocycles. The molecule has 162 valence electrons. The van der Waals surface area contributed by atoms with Crippen molar-refractivity contribution in [2.45, 2.75) is 104 Å². The number of carbonyl (C=O) groups is 2. The Morgan fingerprint density at radius 2 is 0.893 bits per heavy atom. The second kappa shape index (κ2) is 18.8. The first-order valence-corrected chi connectivity index (χ1v) is 10.9. The molecule has 0 aliphatic rings. The molecule has 0 fully saturated rings. The molecule has 4 nitrogen and oxygen atoms in total. The lowest BCUT2D eigenvalue weighted by molar-refractivity contribution is -0.141. The van der Waals surface area contributed by atoms with Gasteiger partial charge in [0.1, 0.15) is 0 Å². The Labute approximate surface area is 172 Å². The molecular formula is C24H42O4. The average Bonchev–Trinajstić information content (AvgIpc) is 2.69. The highest BCUT2D eigenvalue weighted by Gasteiger charge is 2.00. The molecule has 28 heavy (non-hydrogen) atoms. The lowest BCUT2D eigenvalue weighted by Gasteiger charge is -2.03. The Morgan fingerprint density at radius 1 is 0.571 bits per heavy atom. The van der Waals surface area contributed by atoms with Gasteiger partial charge < -0.3 is 9.47 Å². The highest BCUT2D eigenvalue weighted by molar-refractivity contribution is 5.69. The lowest BCUT2D eigenvalue weighted by atomic mass is 10.0. The maximum Gasteiger partial charge on any atom is 0.305 e. The molecule has 0 amide bonds. The Morgan fingerprint density at radius 3 is 1.21 bits per heavy atom. The molecule has 0 N–H and O–H groups in total. The van der Waals surface area contributed by atoms with Crippen LogP contribution in [0, 0.1) is 0 Å². The highest BCUT2D eigenvalue weighted by Crippen LogP contribution is 2.14. The summed E-state index contributed by atoms with van der Waals surface area (Å²) in [7, 11) is 2.90. The van der Waals surface area contributed by atoms with Gasteiger partial charge in [0.05, 0.1) is 14.2 Å². The van der Waals surface area contributed by atoms with Crippen LogP contribution in [-0.4, -0.2) is 26.2 Å². The van der Waals surface area contributed by atoms with Crippen molar-refractivity contribution >= 4 is 11.9 Å². The van der Waals surface area contributed by atoms with Crippen molar-refractivity contribution in [3.8, 4) is 0 Å². The van der Waals surface area contributed by atoms with E-state index in [1.54, 1.807) is 0 Å². The molecule has 0 saturated heterocycles. The van der Waals surface area contributed by atoms with E-state index in [0.29, 0.717) is 12.8 Å². The Bertz CT molecular complexity index is 433. The Kier molecular flexibility index (Phi) is 17.7. The van der Waals surface area contributed by atoms with Crippen LogP contribution < -0.4 is 0 Å². The zero-order valence-electron chi connectivity index (χ0n) is 18.7. The van der Waals surface area contributed by atoms with E-state index >= 15 is 0 Å². The minimum atomic E-state index is -0.0991. The predicted octanol–water partition coefficient (Wildman–Crippen LogP) is 6.69. The van der Waals surface area contributed by atoms with E-state index in [1.165, 1.54) is 51.0 Å². The average molecular weight is 395 g/mol. The number of unbranched alkanes of at least 4 members (excludes halogenated alkanes) is 7. The van der Waals surface area contributed by atoms with Crippen molar-refractivity contribution in [3.05, 3.63) is 23.3 Å². The van der Waals surface area contributed by atoms with E-state index in [2.05, 4.69) is 35.5 Å². The molecule has 0 bridgehead atoms.